The summed E-state index contributed by atoms with van der Waals surface area (Å²) in [6.07, 6.45) is 1.13. The normalized spacial score (nSPS) is 10.7. The second-order valence-electron chi connectivity index (χ2n) is 7.62. The van der Waals surface area contributed by atoms with E-state index < -0.39 is 23.0 Å². The Hall–Kier alpha value is -4.26. The second kappa shape index (κ2) is 9.91. The molecule has 0 fully saturated rings. The highest BCUT2D eigenvalue weighted by atomic mass is 19.1. The minimum atomic E-state index is -0.766. The zero-order valence-corrected chi connectivity index (χ0v) is 17.8. The molecule has 0 saturated carbocycles. The number of hydrogen-bond acceptors (Lipinski definition) is 3. The molecule has 0 saturated heterocycles. The first-order chi connectivity index (χ1) is 16.0. The molecule has 1 amide bonds. The molecule has 33 heavy (non-hydrogen) atoms. The first kappa shape index (κ1) is 22.0. The Bertz CT molecular complexity index is 1320. The lowest BCUT2D eigenvalue weighted by atomic mass is 10.1. The molecule has 0 aliphatic heterocycles. The van der Waals surface area contributed by atoms with Crippen LogP contribution in [0.15, 0.2) is 101 Å². The number of hydrogen-bond donors (Lipinski definition) is 1. The van der Waals surface area contributed by atoms with Crippen LogP contribution in [0.2, 0.25) is 0 Å². The molecule has 0 spiro atoms. The third-order valence-corrected chi connectivity index (χ3v) is 5.30. The average Bonchev–Trinajstić information content (AvgIpc) is 2.83. The van der Waals surface area contributed by atoms with Gasteiger partial charge in [0.1, 0.15) is 11.4 Å². The predicted octanol–water partition coefficient (Wildman–Crippen LogP) is 3.57. The summed E-state index contributed by atoms with van der Waals surface area (Å²) < 4.78 is 14.9. The largest absolute Gasteiger partial charge is 0.330 e. The Morgan fingerprint density at radius 3 is 1.94 bits per heavy atom. The number of halogens is 1. The number of rotatable bonds is 7. The van der Waals surface area contributed by atoms with Gasteiger partial charge in [0.25, 0.3) is 11.5 Å². The fourth-order valence-corrected chi connectivity index (χ4v) is 3.58. The van der Waals surface area contributed by atoms with E-state index in [0.29, 0.717) is 0 Å². The highest BCUT2D eigenvalue weighted by Crippen LogP contribution is 2.13. The summed E-state index contributed by atoms with van der Waals surface area (Å²) in [6, 6.07) is 24.8. The van der Waals surface area contributed by atoms with Crippen LogP contribution in [-0.2, 0) is 19.6 Å². The van der Waals surface area contributed by atoms with Crippen molar-refractivity contribution in [1.82, 2.24) is 14.5 Å². The topological polar surface area (TPSA) is 75.2 Å². The van der Waals surface area contributed by atoms with E-state index in [4.69, 9.17) is 0 Å². The van der Waals surface area contributed by atoms with Crippen molar-refractivity contribution in [3.8, 4) is 0 Å². The molecule has 7 heteroatoms. The quantitative estimate of drug-likeness (QED) is 0.475. The van der Waals surface area contributed by atoms with E-state index in [1.54, 1.807) is 11.0 Å². The van der Waals surface area contributed by atoms with Gasteiger partial charge in [0.2, 0.25) is 0 Å². The zero-order valence-electron chi connectivity index (χ0n) is 17.8. The molecule has 4 aromatic rings. The monoisotopic (exact) mass is 443 g/mol. The minimum absolute atomic E-state index is 0.181. The molecule has 0 atom stereocenters. The summed E-state index contributed by atoms with van der Waals surface area (Å²) in [4.78, 5) is 42.9. The minimum Gasteiger partial charge on any atom is -0.330 e. The van der Waals surface area contributed by atoms with Gasteiger partial charge in [-0.15, -0.1) is 0 Å². The molecule has 0 aliphatic rings. The fraction of sp³-hybridized carbons (Fsp3) is 0.115. The molecule has 0 aliphatic carbocycles. The zero-order chi connectivity index (χ0) is 23.2. The van der Waals surface area contributed by atoms with Gasteiger partial charge in [-0.2, -0.15) is 0 Å². The van der Waals surface area contributed by atoms with Gasteiger partial charge in [-0.3, -0.25) is 14.2 Å². The summed E-state index contributed by atoms with van der Waals surface area (Å²) in [7, 11) is 0. The lowest BCUT2D eigenvalue weighted by molar-refractivity contribution is 0.0727. The standard InChI is InChI=1S/C26H22FN3O3/c27-23-14-8-7-13-21(23)18-30-25(32)22(15-28-26(30)33)24(31)29(16-19-9-3-1-4-10-19)17-20-11-5-2-6-12-20/h1-15H,16-18H2,(H,28,33). The Morgan fingerprint density at radius 2 is 1.36 bits per heavy atom. The van der Waals surface area contributed by atoms with Crippen LogP contribution in [-0.4, -0.2) is 20.4 Å². The lowest BCUT2D eigenvalue weighted by Crippen LogP contribution is -2.42. The number of H-pyrrole nitrogens is 1. The Balaban J connectivity index is 1.70. The Labute approximate surface area is 189 Å². The van der Waals surface area contributed by atoms with Crippen molar-refractivity contribution in [2.45, 2.75) is 19.6 Å². The van der Waals surface area contributed by atoms with E-state index in [1.165, 1.54) is 18.2 Å². The summed E-state index contributed by atoms with van der Waals surface area (Å²) in [5, 5.41) is 0. The smallest absolute Gasteiger partial charge is 0.328 e. The fourth-order valence-electron chi connectivity index (χ4n) is 3.58. The van der Waals surface area contributed by atoms with E-state index in [9.17, 15) is 18.8 Å². The molecule has 1 aromatic heterocycles. The number of aromatic amines is 1. The van der Waals surface area contributed by atoms with Gasteiger partial charge in [0.05, 0.1) is 6.54 Å². The van der Waals surface area contributed by atoms with Gasteiger partial charge in [-0.25, -0.2) is 9.18 Å². The van der Waals surface area contributed by atoms with Crippen molar-refractivity contribution in [3.63, 3.8) is 0 Å². The van der Waals surface area contributed by atoms with Crippen molar-refractivity contribution in [2.75, 3.05) is 0 Å². The lowest BCUT2D eigenvalue weighted by Gasteiger charge is -2.23. The molecule has 0 radical (unpaired) electrons. The number of benzene rings is 3. The van der Waals surface area contributed by atoms with Gasteiger partial charge < -0.3 is 9.88 Å². The molecule has 1 heterocycles. The SMILES string of the molecule is O=C(c1c[nH]c(=O)n(Cc2ccccc2F)c1=O)N(Cc1ccccc1)Cc1ccccc1. The van der Waals surface area contributed by atoms with Crippen LogP contribution in [0.4, 0.5) is 4.39 Å². The van der Waals surface area contributed by atoms with Crippen LogP contribution in [0.25, 0.3) is 0 Å². The molecular weight excluding hydrogens is 421 g/mol. The van der Waals surface area contributed by atoms with Crippen LogP contribution < -0.4 is 11.2 Å². The molecule has 0 bridgehead atoms. The van der Waals surface area contributed by atoms with E-state index in [1.807, 2.05) is 60.7 Å². The van der Waals surface area contributed by atoms with Gasteiger partial charge in [-0.1, -0.05) is 78.9 Å². The van der Waals surface area contributed by atoms with Crippen LogP contribution in [0, 0.1) is 5.82 Å². The van der Waals surface area contributed by atoms with E-state index in [0.717, 1.165) is 21.9 Å². The van der Waals surface area contributed by atoms with E-state index >= 15 is 0 Å². The van der Waals surface area contributed by atoms with Crippen molar-refractivity contribution < 1.29 is 9.18 Å². The highest BCUT2D eigenvalue weighted by molar-refractivity contribution is 5.93. The van der Waals surface area contributed by atoms with Gasteiger partial charge >= 0.3 is 5.69 Å². The number of nitrogens with one attached hydrogen (secondary N) is 1. The first-order valence-corrected chi connectivity index (χ1v) is 10.5. The second-order valence-corrected chi connectivity index (χ2v) is 7.62. The molecule has 6 nitrogen and oxygen atoms in total. The van der Waals surface area contributed by atoms with Crippen molar-refractivity contribution in [1.29, 1.82) is 0 Å². The third-order valence-electron chi connectivity index (χ3n) is 5.30. The summed E-state index contributed by atoms with van der Waals surface area (Å²) in [5.41, 5.74) is 0.323. The van der Waals surface area contributed by atoms with Crippen LogP contribution in [0.3, 0.4) is 0 Å². The van der Waals surface area contributed by atoms with Crippen molar-refractivity contribution >= 4 is 5.91 Å². The maximum Gasteiger partial charge on any atom is 0.328 e. The number of carbonyl (C=O) groups is 1. The van der Waals surface area contributed by atoms with Crippen LogP contribution in [0.5, 0.6) is 0 Å². The van der Waals surface area contributed by atoms with Gasteiger partial charge in [0.15, 0.2) is 0 Å². The van der Waals surface area contributed by atoms with Crippen LogP contribution >= 0.6 is 0 Å². The van der Waals surface area contributed by atoms with Crippen molar-refractivity contribution in [2.24, 2.45) is 0 Å². The third kappa shape index (κ3) is 5.15. The summed E-state index contributed by atoms with van der Waals surface area (Å²) in [6.45, 7) is 0.278. The number of nitrogens with zero attached hydrogens (tertiary/aromatic N) is 2. The number of amides is 1. The van der Waals surface area contributed by atoms with E-state index in [2.05, 4.69) is 4.98 Å². The van der Waals surface area contributed by atoms with Gasteiger partial charge in [-0.05, 0) is 17.2 Å². The molecular formula is C26H22FN3O3. The van der Waals surface area contributed by atoms with Gasteiger partial charge in [0, 0.05) is 24.8 Å². The highest BCUT2D eigenvalue weighted by Gasteiger charge is 2.22. The molecule has 1 N–H and O–H groups in total. The molecule has 4 rings (SSSR count). The summed E-state index contributed by atoms with van der Waals surface area (Å²) in [5.74, 6) is -1.05. The number of aromatic nitrogens is 2. The maximum atomic E-state index is 14.1. The number of carbonyl (C=O) groups excluding carboxylic acids is 1. The molecule has 0 unspecified atom stereocenters. The predicted molar refractivity (Wildman–Crippen MR) is 123 cm³/mol. The summed E-state index contributed by atoms with van der Waals surface area (Å²) >= 11 is 0. The first-order valence-electron chi connectivity index (χ1n) is 10.5. The van der Waals surface area contributed by atoms with Crippen molar-refractivity contribution in [3.05, 3.63) is 140 Å². The van der Waals surface area contributed by atoms with Crippen LogP contribution in [0.1, 0.15) is 27.0 Å². The van der Waals surface area contributed by atoms with E-state index in [-0.39, 0.29) is 30.8 Å². The maximum absolute atomic E-state index is 14.1. The Kier molecular flexibility index (Phi) is 6.59. The molecule has 166 valence electrons. The molecule has 3 aromatic carbocycles. The average molecular weight is 443 g/mol. The Morgan fingerprint density at radius 1 is 0.818 bits per heavy atom.